The van der Waals surface area contributed by atoms with Gasteiger partial charge in [0.15, 0.2) is 23.7 Å². The molecule has 9 heteroatoms. The molecule has 1 aromatic carbocycles. The zero-order valence-electron chi connectivity index (χ0n) is 18.3. The van der Waals surface area contributed by atoms with E-state index in [0.29, 0.717) is 18.6 Å². The molecule has 0 amide bonds. The Morgan fingerprint density at radius 3 is 2.78 bits per heavy atom. The molecule has 6 atom stereocenters. The Morgan fingerprint density at radius 2 is 2.06 bits per heavy atom. The Bertz CT molecular complexity index is 1040. The Kier molecular flexibility index (Phi) is 4.60. The number of ether oxygens (including phenoxy) is 3. The van der Waals surface area contributed by atoms with Gasteiger partial charge in [-0.25, -0.2) is 4.79 Å². The number of nitrogens with zero attached hydrogens (tertiary/aromatic N) is 1. The third-order valence-electron chi connectivity index (χ3n) is 7.57. The standard InChI is InChI=1S/C23H28N2O7/c1-11(24)20(27)30-12(2)21(28)31-15-6-7-23(29)16-10-13-4-5-14(26)18-17(13)22(23,19(15)32-18)8-9-25(16)3/h4-6,11-12,16,19,26,29H,7-10,24H2,1-3H3/t11-,12?,16+,19-,22-,23+/m0/s1. The fourth-order valence-corrected chi connectivity index (χ4v) is 5.97. The highest BCUT2D eigenvalue weighted by atomic mass is 16.6. The summed E-state index contributed by atoms with van der Waals surface area (Å²) in [5.41, 5.74) is 5.35. The van der Waals surface area contributed by atoms with Crippen LogP contribution < -0.4 is 10.5 Å². The van der Waals surface area contributed by atoms with Crippen LogP contribution in [0.25, 0.3) is 0 Å². The zero-order valence-corrected chi connectivity index (χ0v) is 18.3. The number of rotatable bonds is 4. The predicted molar refractivity (Wildman–Crippen MR) is 112 cm³/mol. The summed E-state index contributed by atoms with van der Waals surface area (Å²) in [7, 11) is 2.00. The first-order valence-corrected chi connectivity index (χ1v) is 10.9. The van der Waals surface area contributed by atoms with Crippen molar-refractivity contribution in [2.24, 2.45) is 5.73 Å². The SMILES string of the molecule is CC(OC(=O)[C@H](C)N)C(=O)OC1=CC[C@@]2(O)[C@H]3Cc4ccc(O)c5c4[C@@]2(CCN3C)[C@H]1O5. The van der Waals surface area contributed by atoms with Gasteiger partial charge in [0.1, 0.15) is 11.8 Å². The van der Waals surface area contributed by atoms with E-state index in [4.69, 9.17) is 19.9 Å². The van der Waals surface area contributed by atoms with Crippen LogP contribution in [0.4, 0.5) is 0 Å². The molecule has 4 aliphatic rings. The summed E-state index contributed by atoms with van der Waals surface area (Å²) in [5, 5.41) is 22.6. The monoisotopic (exact) mass is 444 g/mol. The molecule has 2 aliphatic heterocycles. The fraction of sp³-hybridized carbons (Fsp3) is 0.565. The average Bonchev–Trinajstić information content (AvgIpc) is 3.10. The molecule has 1 saturated heterocycles. The van der Waals surface area contributed by atoms with E-state index in [1.165, 1.54) is 13.8 Å². The molecule has 1 spiro atoms. The van der Waals surface area contributed by atoms with Gasteiger partial charge in [0, 0.05) is 18.0 Å². The second-order valence-electron chi connectivity index (χ2n) is 9.39. The van der Waals surface area contributed by atoms with E-state index in [0.717, 1.165) is 17.7 Å². The third kappa shape index (κ3) is 2.61. The molecular weight excluding hydrogens is 416 g/mol. The summed E-state index contributed by atoms with van der Waals surface area (Å²) in [6.45, 7) is 3.61. The van der Waals surface area contributed by atoms with Crippen molar-refractivity contribution < 1.29 is 34.0 Å². The van der Waals surface area contributed by atoms with Crippen molar-refractivity contribution in [1.29, 1.82) is 0 Å². The maximum Gasteiger partial charge on any atom is 0.352 e. The van der Waals surface area contributed by atoms with Crippen molar-refractivity contribution in [2.75, 3.05) is 13.6 Å². The van der Waals surface area contributed by atoms with Gasteiger partial charge in [0.25, 0.3) is 0 Å². The van der Waals surface area contributed by atoms with Crippen LogP contribution in [-0.4, -0.2) is 70.5 Å². The highest BCUT2D eigenvalue weighted by Gasteiger charge is 2.72. The lowest BCUT2D eigenvalue weighted by Gasteiger charge is -2.61. The van der Waals surface area contributed by atoms with Crippen LogP contribution in [-0.2, 0) is 30.9 Å². The van der Waals surface area contributed by atoms with E-state index in [1.807, 2.05) is 13.1 Å². The fourth-order valence-electron chi connectivity index (χ4n) is 5.97. The Labute approximate surface area is 185 Å². The number of carbonyl (C=O) groups is 2. The second-order valence-corrected chi connectivity index (χ2v) is 9.39. The van der Waals surface area contributed by atoms with E-state index in [-0.39, 0.29) is 24.0 Å². The lowest BCUT2D eigenvalue weighted by atomic mass is 9.50. The second kappa shape index (κ2) is 6.94. The minimum absolute atomic E-state index is 0.00263. The number of aromatic hydroxyl groups is 1. The van der Waals surface area contributed by atoms with Crippen molar-refractivity contribution in [3.63, 3.8) is 0 Å². The van der Waals surface area contributed by atoms with Gasteiger partial charge in [-0.05, 0) is 58.0 Å². The van der Waals surface area contributed by atoms with Crippen LogP contribution in [0.5, 0.6) is 11.5 Å². The Hall–Kier alpha value is -2.62. The minimum Gasteiger partial charge on any atom is -0.504 e. The van der Waals surface area contributed by atoms with E-state index in [1.54, 1.807) is 12.1 Å². The number of benzene rings is 1. The van der Waals surface area contributed by atoms with E-state index >= 15 is 0 Å². The molecule has 1 unspecified atom stereocenters. The van der Waals surface area contributed by atoms with Crippen LogP contribution in [0, 0.1) is 0 Å². The maximum atomic E-state index is 12.7. The van der Waals surface area contributed by atoms with Gasteiger partial charge >= 0.3 is 11.9 Å². The number of likely N-dealkylation sites (tertiary alicyclic amines) is 1. The van der Waals surface area contributed by atoms with Crippen molar-refractivity contribution in [2.45, 2.75) is 68.4 Å². The molecule has 5 rings (SSSR count). The van der Waals surface area contributed by atoms with Gasteiger partial charge in [0.05, 0.1) is 11.0 Å². The van der Waals surface area contributed by atoms with Gasteiger partial charge in [-0.2, -0.15) is 0 Å². The highest BCUT2D eigenvalue weighted by molar-refractivity contribution is 5.82. The Balaban J connectivity index is 1.53. The van der Waals surface area contributed by atoms with Gasteiger partial charge in [0.2, 0.25) is 0 Å². The maximum absolute atomic E-state index is 12.7. The third-order valence-corrected chi connectivity index (χ3v) is 7.57. The number of likely N-dealkylation sites (N-methyl/N-ethyl adjacent to an activating group) is 1. The van der Waals surface area contributed by atoms with Crippen LogP contribution in [0.15, 0.2) is 24.0 Å². The van der Waals surface area contributed by atoms with Gasteiger partial charge in [-0.15, -0.1) is 0 Å². The number of esters is 2. The Morgan fingerprint density at radius 1 is 1.31 bits per heavy atom. The van der Waals surface area contributed by atoms with Crippen LogP contribution in [0.2, 0.25) is 0 Å². The molecule has 2 heterocycles. The summed E-state index contributed by atoms with van der Waals surface area (Å²) < 4.78 is 17.0. The molecule has 0 radical (unpaired) electrons. The number of aliphatic hydroxyl groups is 1. The molecule has 1 fully saturated rings. The summed E-state index contributed by atoms with van der Waals surface area (Å²) in [6, 6.07) is 2.49. The summed E-state index contributed by atoms with van der Waals surface area (Å²) >= 11 is 0. The van der Waals surface area contributed by atoms with Crippen LogP contribution >= 0.6 is 0 Å². The first kappa shape index (κ1) is 21.2. The summed E-state index contributed by atoms with van der Waals surface area (Å²) in [6.07, 6.45) is 1.24. The average molecular weight is 444 g/mol. The smallest absolute Gasteiger partial charge is 0.352 e. The van der Waals surface area contributed by atoms with E-state index < -0.39 is 41.2 Å². The molecule has 0 aromatic heterocycles. The number of hydrogen-bond acceptors (Lipinski definition) is 9. The normalized spacial score (nSPS) is 34.0. The lowest BCUT2D eigenvalue weighted by Crippen LogP contribution is -2.74. The number of hydrogen-bond donors (Lipinski definition) is 3. The number of phenols is 1. The minimum atomic E-state index is -1.16. The van der Waals surface area contributed by atoms with Crippen molar-refractivity contribution >= 4 is 11.9 Å². The van der Waals surface area contributed by atoms with E-state index in [9.17, 15) is 19.8 Å². The number of carbonyl (C=O) groups excluding carboxylic acids is 2. The predicted octanol–water partition coefficient (Wildman–Crippen LogP) is 0.492. The molecule has 172 valence electrons. The molecular formula is C23H28N2O7. The number of phenolic OH excluding ortho intramolecular Hbond substituents is 1. The summed E-state index contributed by atoms with van der Waals surface area (Å²) in [4.78, 5) is 26.6. The molecule has 2 bridgehead atoms. The number of piperidine rings is 1. The molecule has 4 N–H and O–H groups in total. The lowest BCUT2D eigenvalue weighted by molar-refractivity contribution is -0.175. The molecule has 1 aromatic rings. The van der Waals surface area contributed by atoms with Crippen molar-refractivity contribution in [3.8, 4) is 11.5 Å². The zero-order chi connectivity index (χ0) is 23.0. The van der Waals surface area contributed by atoms with Crippen molar-refractivity contribution in [3.05, 3.63) is 35.1 Å². The largest absolute Gasteiger partial charge is 0.504 e. The topological polar surface area (TPSA) is 132 Å². The van der Waals surface area contributed by atoms with Gasteiger partial charge in [-0.1, -0.05) is 6.07 Å². The molecule has 9 nitrogen and oxygen atoms in total. The first-order valence-electron chi connectivity index (χ1n) is 10.9. The van der Waals surface area contributed by atoms with Crippen LogP contribution in [0.1, 0.15) is 37.8 Å². The van der Waals surface area contributed by atoms with Gasteiger partial charge < -0.3 is 35.1 Å². The molecule has 2 aliphatic carbocycles. The number of nitrogens with two attached hydrogens (primary N) is 1. The van der Waals surface area contributed by atoms with Crippen LogP contribution in [0.3, 0.4) is 0 Å². The van der Waals surface area contributed by atoms with Crippen molar-refractivity contribution in [1.82, 2.24) is 4.90 Å². The molecule has 32 heavy (non-hydrogen) atoms. The first-order chi connectivity index (χ1) is 15.1. The van der Waals surface area contributed by atoms with E-state index in [2.05, 4.69) is 4.90 Å². The molecule has 0 saturated carbocycles. The quantitative estimate of drug-likeness (QED) is 0.568. The summed E-state index contributed by atoms with van der Waals surface area (Å²) in [5.74, 6) is -0.859. The highest BCUT2D eigenvalue weighted by Crippen LogP contribution is 2.65. The van der Waals surface area contributed by atoms with Gasteiger partial charge in [-0.3, -0.25) is 4.79 Å².